The number of nitrogens with one attached hydrogen (secondary N) is 2. The number of benzene rings is 2. The maximum Gasteiger partial charge on any atom is 0.262 e. The van der Waals surface area contributed by atoms with Gasteiger partial charge in [0.05, 0.1) is 0 Å². The van der Waals surface area contributed by atoms with Gasteiger partial charge in [0.25, 0.3) is 5.91 Å². The van der Waals surface area contributed by atoms with E-state index >= 15 is 0 Å². The summed E-state index contributed by atoms with van der Waals surface area (Å²) < 4.78 is 0. The summed E-state index contributed by atoms with van der Waals surface area (Å²) in [5, 5.41) is 7.14. The molecule has 1 amide bonds. The molecule has 0 unspecified atom stereocenters. The van der Waals surface area contributed by atoms with E-state index < -0.39 is 0 Å². The van der Waals surface area contributed by atoms with Gasteiger partial charge < -0.3 is 15.5 Å². The van der Waals surface area contributed by atoms with Gasteiger partial charge in [0, 0.05) is 42.3 Å². The number of rotatable bonds is 6. The maximum atomic E-state index is 13.5. The fourth-order valence-corrected chi connectivity index (χ4v) is 4.74. The second-order valence-electron chi connectivity index (χ2n) is 7.97. The lowest BCUT2D eigenvalue weighted by atomic mass is 10.1. The Hall–Kier alpha value is -2.55. The molecule has 33 heavy (non-hydrogen) atoms. The van der Waals surface area contributed by atoms with Crippen LogP contribution in [-0.4, -0.2) is 54.6 Å². The first-order chi connectivity index (χ1) is 16.0. The molecule has 2 aromatic carbocycles. The average Bonchev–Trinajstić information content (AvgIpc) is 2.86. The number of aromatic nitrogens is 2. The SMILES string of the molecule is CSc1ccc(-c2nc(SC)c(C(=O)Nc3ccc(C)c(C)c3)c(N3CCNCC3)n2)cc1. The van der Waals surface area contributed by atoms with Crippen LogP contribution in [-0.2, 0) is 0 Å². The Bertz CT molecular complexity index is 1140. The van der Waals surface area contributed by atoms with Crippen molar-refractivity contribution in [2.24, 2.45) is 0 Å². The zero-order valence-electron chi connectivity index (χ0n) is 19.4. The molecule has 8 heteroatoms. The Balaban J connectivity index is 1.77. The molecule has 0 atom stereocenters. The first kappa shape index (κ1) is 23.6. The summed E-state index contributed by atoms with van der Waals surface area (Å²) in [6.07, 6.45) is 4.01. The van der Waals surface area contributed by atoms with Gasteiger partial charge in [-0.05, 0) is 61.8 Å². The highest BCUT2D eigenvalue weighted by Gasteiger charge is 2.26. The summed E-state index contributed by atoms with van der Waals surface area (Å²) in [7, 11) is 0. The van der Waals surface area contributed by atoms with Crippen LogP contribution in [0.3, 0.4) is 0 Å². The summed E-state index contributed by atoms with van der Waals surface area (Å²) in [5.74, 6) is 1.16. The van der Waals surface area contributed by atoms with Crippen molar-refractivity contribution in [2.45, 2.75) is 23.8 Å². The molecule has 3 aromatic rings. The topological polar surface area (TPSA) is 70.2 Å². The van der Waals surface area contributed by atoms with E-state index in [0.717, 1.165) is 43.0 Å². The minimum absolute atomic E-state index is 0.180. The molecule has 172 valence electrons. The summed E-state index contributed by atoms with van der Waals surface area (Å²) >= 11 is 3.18. The minimum Gasteiger partial charge on any atom is -0.353 e. The Morgan fingerprint density at radius 3 is 2.33 bits per heavy atom. The number of carbonyl (C=O) groups excluding carboxylic acids is 1. The molecular formula is C25H29N5OS2. The largest absolute Gasteiger partial charge is 0.353 e. The molecular weight excluding hydrogens is 450 g/mol. The van der Waals surface area contributed by atoms with E-state index in [1.54, 1.807) is 11.8 Å². The van der Waals surface area contributed by atoms with Gasteiger partial charge >= 0.3 is 0 Å². The quantitative estimate of drug-likeness (QED) is 0.386. The highest BCUT2D eigenvalue weighted by molar-refractivity contribution is 7.98. The fraction of sp³-hybridized carbons (Fsp3) is 0.320. The number of anilines is 2. The number of piperazine rings is 1. The van der Waals surface area contributed by atoms with Crippen LogP contribution in [0.2, 0.25) is 0 Å². The minimum atomic E-state index is -0.180. The average molecular weight is 480 g/mol. The zero-order valence-corrected chi connectivity index (χ0v) is 21.1. The Morgan fingerprint density at radius 1 is 0.970 bits per heavy atom. The zero-order chi connectivity index (χ0) is 23.4. The van der Waals surface area contributed by atoms with Crippen molar-refractivity contribution in [3.8, 4) is 11.4 Å². The molecule has 0 radical (unpaired) electrons. The lowest BCUT2D eigenvalue weighted by Crippen LogP contribution is -2.44. The number of hydrogen-bond donors (Lipinski definition) is 2. The van der Waals surface area contributed by atoms with Gasteiger partial charge in [0.1, 0.15) is 16.4 Å². The van der Waals surface area contributed by atoms with Crippen LogP contribution in [0.4, 0.5) is 11.5 Å². The van der Waals surface area contributed by atoms with Crippen LogP contribution in [0.5, 0.6) is 0 Å². The van der Waals surface area contributed by atoms with Crippen LogP contribution >= 0.6 is 23.5 Å². The number of thioether (sulfide) groups is 2. The van der Waals surface area contributed by atoms with Crippen LogP contribution in [0.15, 0.2) is 52.4 Å². The molecule has 4 rings (SSSR count). The number of carbonyl (C=O) groups is 1. The van der Waals surface area contributed by atoms with E-state index in [9.17, 15) is 4.79 Å². The van der Waals surface area contributed by atoms with Gasteiger partial charge in [-0.25, -0.2) is 9.97 Å². The van der Waals surface area contributed by atoms with Crippen LogP contribution in [0.25, 0.3) is 11.4 Å². The van der Waals surface area contributed by atoms with Gasteiger partial charge in [-0.2, -0.15) is 0 Å². The standard InChI is InChI=1S/C25H29N5OS2/c1-16-5-8-19(15-17(16)2)27-24(31)21-23(30-13-11-26-12-14-30)28-22(29-25(21)33-4)18-6-9-20(32-3)10-7-18/h5-10,15,26H,11-14H2,1-4H3,(H,27,31). The molecule has 2 N–H and O–H groups in total. The predicted octanol–water partition coefficient (Wildman–Crippen LogP) is 4.87. The maximum absolute atomic E-state index is 13.5. The van der Waals surface area contributed by atoms with Crippen LogP contribution in [0, 0.1) is 13.8 Å². The molecule has 2 heterocycles. The Labute approximate surface area is 204 Å². The molecule has 1 aliphatic rings. The van der Waals surface area contributed by atoms with E-state index in [-0.39, 0.29) is 5.91 Å². The van der Waals surface area contributed by atoms with Crippen LogP contribution in [0.1, 0.15) is 21.5 Å². The number of amides is 1. The molecule has 1 aliphatic heterocycles. The fourth-order valence-electron chi connectivity index (χ4n) is 3.76. The molecule has 6 nitrogen and oxygen atoms in total. The van der Waals surface area contributed by atoms with Crippen molar-refractivity contribution in [1.82, 2.24) is 15.3 Å². The van der Waals surface area contributed by atoms with Crippen molar-refractivity contribution >= 4 is 40.9 Å². The lowest BCUT2D eigenvalue weighted by molar-refractivity contribution is 0.102. The van der Waals surface area contributed by atoms with Gasteiger partial charge in [0.2, 0.25) is 0 Å². The summed E-state index contributed by atoms with van der Waals surface area (Å²) in [5.41, 5.74) is 4.59. The van der Waals surface area contributed by atoms with Gasteiger partial charge in [-0.3, -0.25) is 4.79 Å². The molecule has 0 spiro atoms. The molecule has 0 bridgehead atoms. The third-order valence-electron chi connectivity index (χ3n) is 5.81. The van der Waals surface area contributed by atoms with E-state index in [1.165, 1.54) is 22.2 Å². The number of nitrogens with zero attached hydrogens (tertiary/aromatic N) is 3. The number of aryl methyl sites for hydroxylation is 2. The first-order valence-corrected chi connectivity index (χ1v) is 13.4. The van der Waals surface area contributed by atoms with Crippen molar-refractivity contribution < 1.29 is 4.79 Å². The molecule has 1 aromatic heterocycles. The second-order valence-corrected chi connectivity index (χ2v) is 9.65. The lowest BCUT2D eigenvalue weighted by Gasteiger charge is -2.30. The van der Waals surface area contributed by atoms with Crippen molar-refractivity contribution in [1.29, 1.82) is 0 Å². The first-order valence-electron chi connectivity index (χ1n) is 10.9. The van der Waals surface area contributed by atoms with Gasteiger partial charge in [-0.1, -0.05) is 18.2 Å². The van der Waals surface area contributed by atoms with Gasteiger partial charge in [0.15, 0.2) is 5.82 Å². The third kappa shape index (κ3) is 5.34. The Morgan fingerprint density at radius 2 is 1.70 bits per heavy atom. The summed E-state index contributed by atoms with van der Waals surface area (Å²) in [6, 6.07) is 14.2. The molecule has 0 saturated carbocycles. The normalized spacial score (nSPS) is 13.8. The molecule has 0 aliphatic carbocycles. The second kappa shape index (κ2) is 10.6. The van der Waals surface area contributed by atoms with E-state index in [0.29, 0.717) is 22.2 Å². The van der Waals surface area contributed by atoms with Crippen molar-refractivity contribution in [2.75, 3.05) is 48.9 Å². The molecule has 1 fully saturated rings. The van der Waals surface area contributed by atoms with Crippen molar-refractivity contribution in [3.05, 3.63) is 59.2 Å². The smallest absolute Gasteiger partial charge is 0.262 e. The number of hydrogen-bond acceptors (Lipinski definition) is 7. The highest BCUT2D eigenvalue weighted by atomic mass is 32.2. The summed E-state index contributed by atoms with van der Waals surface area (Å²) in [4.78, 5) is 26.7. The van der Waals surface area contributed by atoms with Crippen LogP contribution < -0.4 is 15.5 Å². The van der Waals surface area contributed by atoms with Gasteiger partial charge in [-0.15, -0.1) is 23.5 Å². The van der Waals surface area contributed by atoms with E-state index in [4.69, 9.17) is 9.97 Å². The van der Waals surface area contributed by atoms with E-state index in [1.807, 2.05) is 43.5 Å². The third-order valence-corrected chi connectivity index (χ3v) is 7.23. The van der Waals surface area contributed by atoms with E-state index in [2.05, 4.69) is 40.8 Å². The Kier molecular flexibility index (Phi) is 7.57. The predicted molar refractivity (Wildman–Crippen MR) is 140 cm³/mol. The monoisotopic (exact) mass is 479 g/mol. The van der Waals surface area contributed by atoms with Crippen molar-refractivity contribution in [3.63, 3.8) is 0 Å². The molecule has 1 saturated heterocycles. The highest BCUT2D eigenvalue weighted by Crippen LogP contribution is 2.32. The summed E-state index contributed by atoms with van der Waals surface area (Å²) in [6.45, 7) is 7.40.